The fraction of sp³-hybridized carbons (Fsp3) is 0.357. The van der Waals surface area contributed by atoms with Crippen molar-refractivity contribution in [2.75, 3.05) is 25.0 Å². The van der Waals surface area contributed by atoms with Gasteiger partial charge in [-0.15, -0.1) is 0 Å². The summed E-state index contributed by atoms with van der Waals surface area (Å²) in [7, 11) is 0. The average Bonchev–Trinajstić information content (AvgIpc) is 2.82. The van der Waals surface area contributed by atoms with E-state index in [1.807, 2.05) is 24.3 Å². The van der Waals surface area contributed by atoms with E-state index in [1.54, 1.807) is 0 Å². The molecule has 3 rings (SSSR count). The van der Waals surface area contributed by atoms with Crippen LogP contribution in [0.2, 0.25) is 0 Å². The van der Waals surface area contributed by atoms with Crippen LogP contribution >= 0.6 is 0 Å². The minimum Gasteiger partial charge on any atom is -0.355 e. The fourth-order valence-electron chi connectivity index (χ4n) is 2.27. The Hall–Kier alpha value is -1.81. The monoisotopic (exact) mass is 242 g/mol. The van der Waals surface area contributed by atoms with Crippen LogP contribution in [0.4, 0.5) is 5.95 Å². The van der Waals surface area contributed by atoms with E-state index < -0.39 is 0 Å². The van der Waals surface area contributed by atoms with E-state index in [-0.39, 0.29) is 0 Å². The van der Waals surface area contributed by atoms with Crippen molar-refractivity contribution in [3.8, 4) is 0 Å². The number of rotatable bonds is 4. The topological polar surface area (TPSA) is 52.7 Å². The molecule has 1 aliphatic heterocycles. The first-order valence-electron chi connectivity index (χ1n) is 6.49. The van der Waals surface area contributed by atoms with E-state index in [0.717, 1.165) is 43.0 Å². The number of H-pyrrole nitrogens is 1. The fourth-order valence-corrected chi connectivity index (χ4v) is 2.27. The molecule has 0 bridgehead atoms. The van der Waals surface area contributed by atoms with Gasteiger partial charge in [0.25, 0.3) is 0 Å². The first-order chi connectivity index (χ1) is 8.92. The summed E-state index contributed by atoms with van der Waals surface area (Å²) in [5, 5.41) is 6.68. The van der Waals surface area contributed by atoms with Crippen LogP contribution in [0.3, 0.4) is 0 Å². The number of nitrogens with zero attached hydrogens (tertiary/aromatic N) is 1. The van der Waals surface area contributed by atoms with Crippen molar-refractivity contribution in [1.29, 1.82) is 0 Å². The van der Waals surface area contributed by atoms with Gasteiger partial charge in [0.05, 0.1) is 11.0 Å². The Morgan fingerprint density at radius 1 is 1.28 bits per heavy atom. The number of fused-ring (bicyclic) bond motifs is 1. The third-order valence-corrected chi connectivity index (χ3v) is 3.29. The normalized spacial score (nSPS) is 15.7. The molecular weight excluding hydrogens is 224 g/mol. The summed E-state index contributed by atoms with van der Waals surface area (Å²) in [6.45, 7) is 3.06. The van der Waals surface area contributed by atoms with E-state index in [2.05, 4.69) is 26.7 Å². The highest BCUT2D eigenvalue weighted by atomic mass is 15.1. The molecule has 18 heavy (non-hydrogen) atoms. The van der Waals surface area contributed by atoms with Crippen molar-refractivity contribution >= 4 is 17.0 Å². The van der Waals surface area contributed by atoms with Crippen LogP contribution in [0.5, 0.6) is 0 Å². The van der Waals surface area contributed by atoms with Gasteiger partial charge >= 0.3 is 0 Å². The Morgan fingerprint density at radius 3 is 3.06 bits per heavy atom. The van der Waals surface area contributed by atoms with Crippen molar-refractivity contribution in [2.45, 2.75) is 12.8 Å². The first kappa shape index (κ1) is 11.3. The Morgan fingerprint density at radius 2 is 2.22 bits per heavy atom. The van der Waals surface area contributed by atoms with Crippen molar-refractivity contribution in [1.82, 2.24) is 15.3 Å². The maximum Gasteiger partial charge on any atom is 0.201 e. The quantitative estimate of drug-likeness (QED) is 0.721. The number of nitrogens with one attached hydrogen (secondary N) is 3. The van der Waals surface area contributed by atoms with Crippen molar-refractivity contribution < 1.29 is 0 Å². The van der Waals surface area contributed by atoms with Crippen LogP contribution in [0.25, 0.3) is 11.0 Å². The van der Waals surface area contributed by atoms with Gasteiger partial charge in [-0.25, -0.2) is 4.98 Å². The molecule has 0 unspecified atom stereocenters. The van der Waals surface area contributed by atoms with Crippen LogP contribution in [-0.4, -0.2) is 29.6 Å². The van der Waals surface area contributed by atoms with Gasteiger partial charge in [0, 0.05) is 13.1 Å². The van der Waals surface area contributed by atoms with Crippen LogP contribution in [0, 0.1) is 0 Å². The molecule has 1 aliphatic rings. The molecule has 2 aromatic rings. The minimum absolute atomic E-state index is 0.866. The van der Waals surface area contributed by atoms with Crippen LogP contribution in [-0.2, 0) is 0 Å². The lowest BCUT2D eigenvalue weighted by atomic mass is 10.1. The number of hydrogen-bond donors (Lipinski definition) is 3. The molecule has 0 radical (unpaired) electrons. The van der Waals surface area contributed by atoms with E-state index in [4.69, 9.17) is 0 Å². The van der Waals surface area contributed by atoms with Crippen LogP contribution in [0.1, 0.15) is 12.8 Å². The molecule has 0 saturated heterocycles. The zero-order valence-corrected chi connectivity index (χ0v) is 10.4. The van der Waals surface area contributed by atoms with Crippen LogP contribution < -0.4 is 10.6 Å². The van der Waals surface area contributed by atoms with Gasteiger partial charge < -0.3 is 15.6 Å². The zero-order valence-electron chi connectivity index (χ0n) is 10.4. The third kappa shape index (κ3) is 2.54. The minimum atomic E-state index is 0.866. The lowest BCUT2D eigenvalue weighted by Gasteiger charge is -2.13. The Balaban J connectivity index is 1.58. The molecular formula is C14H18N4. The summed E-state index contributed by atoms with van der Waals surface area (Å²) in [6, 6.07) is 8.09. The van der Waals surface area contributed by atoms with Gasteiger partial charge in [-0.1, -0.05) is 23.8 Å². The SMILES string of the molecule is C1=C(CCNc2nc3ccccc3[nH]2)CCNC1. The summed E-state index contributed by atoms with van der Waals surface area (Å²) in [5.41, 5.74) is 3.64. The van der Waals surface area contributed by atoms with Gasteiger partial charge in [0.2, 0.25) is 5.95 Å². The molecule has 0 atom stereocenters. The van der Waals surface area contributed by atoms with Gasteiger partial charge in [-0.05, 0) is 31.5 Å². The Bertz CT molecular complexity index is 523. The second-order valence-corrected chi connectivity index (χ2v) is 4.60. The maximum absolute atomic E-state index is 4.50. The number of hydrogen-bond acceptors (Lipinski definition) is 3. The molecule has 1 aromatic carbocycles. The van der Waals surface area contributed by atoms with E-state index >= 15 is 0 Å². The number of aromatic amines is 1. The summed E-state index contributed by atoms with van der Waals surface area (Å²) < 4.78 is 0. The standard InChI is InChI=1S/C14H18N4/c1-2-4-13-12(3-1)17-14(18-13)16-10-7-11-5-8-15-9-6-11/h1-5,15H,6-10H2,(H2,16,17,18). The number of para-hydroxylation sites is 2. The average molecular weight is 242 g/mol. The second kappa shape index (κ2) is 5.23. The van der Waals surface area contributed by atoms with Gasteiger partial charge in [0.15, 0.2) is 0 Å². The molecule has 4 nitrogen and oxygen atoms in total. The molecule has 2 heterocycles. The van der Waals surface area contributed by atoms with Crippen molar-refractivity contribution in [2.24, 2.45) is 0 Å². The summed E-state index contributed by atoms with van der Waals surface area (Å²) in [6.07, 6.45) is 4.56. The summed E-state index contributed by atoms with van der Waals surface area (Å²) in [5.74, 6) is 0.866. The molecule has 0 amide bonds. The van der Waals surface area contributed by atoms with Crippen LogP contribution in [0.15, 0.2) is 35.9 Å². The largest absolute Gasteiger partial charge is 0.355 e. The summed E-state index contributed by atoms with van der Waals surface area (Å²) >= 11 is 0. The molecule has 0 fully saturated rings. The van der Waals surface area contributed by atoms with Gasteiger partial charge in [0.1, 0.15) is 0 Å². The highest BCUT2D eigenvalue weighted by Crippen LogP contribution is 2.14. The number of anilines is 1. The molecule has 0 aliphatic carbocycles. The first-order valence-corrected chi connectivity index (χ1v) is 6.49. The molecule has 0 spiro atoms. The van der Waals surface area contributed by atoms with E-state index in [9.17, 15) is 0 Å². The van der Waals surface area contributed by atoms with E-state index in [0.29, 0.717) is 0 Å². The highest BCUT2D eigenvalue weighted by Gasteiger charge is 2.04. The summed E-state index contributed by atoms with van der Waals surface area (Å²) in [4.78, 5) is 7.78. The zero-order chi connectivity index (χ0) is 12.2. The molecule has 1 aromatic heterocycles. The maximum atomic E-state index is 4.50. The molecule has 0 saturated carbocycles. The third-order valence-electron chi connectivity index (χ3n) is 3.29. The predicted octanol–water partition coefficient (Wildman–Crippen LogP) is 2.28. The second-order valence-electron chi connectivity index (χ2n) is 4.60. The van der Waals surface area contributed by atoms with Crippen molar-refractivity contribution in [3.05, 3.63) is 35.9 Å². The number of aromatic nitrogens is 2. The number of imidazole rings is 1. The molecule has 94 valence electrons. The lowest BCUT2D eigenvalue weighted by Crippen LogP contribution is -2.21. The Kier molecular flexibility index (Phi) is 3.28. The molecule has 3 N–H and O–H groups in total. The smallest absolute Gasteiger partial charge is 0.201 e. The Labute approximate surface area is 107 Å². The van der Waals surface area contributed by atoms with E-state index in [1.165, 1.54) is 12.0 Å². The van der Waals surface area contributed by atoms with Crippen molar-refractivity contribution in [3.63, 3.8) is 0 Å². The predicted molar refractivity (Wildman–Crippen MR) is 74.8 cm³/mol. The van der Waals surface area contributed by atoms with Gasteiger partial charge in [-0.3, -0.25) is 0 Å². The molecule has 4 heteroatoms. The number of benzene rings is 1. The highest BCUT2D eigenvalue weighted by molar-refractivity contribution is 5.77. The lowest BCUT2D eigenvalue weighted by molar-refractivity contribution is 0.683. The van der Waals surface area contributed by atoms with Gasteiger partial charge in [-0.2, -0.15) is 0 Å².